The number of carbonyl (C=O) groups is 2. The van der Waals surface area contributed by atoms with E-state index in [1.807, 2.05) is 36.4 Å². The molecule has 2 aromatic carbocycles. The molecule has 3 heterocycles. The molecule has 8 heteroatoms. The molecule has 162 valence electrons. The predicted molar refractivity (Wildman–Crippen MR) is 118 cm³/mol. The molecule has 5 rings (SSSR count). The van der Waals surface area contributed by atoms with Crippen LogP contribution in [0.1, 0.15) is 17.5 Å². The van der Waals surface area contributed by atoms with E-state index in [2.05, 4.69) is 27.2 Å². The number of hydrogen-bond acceptors (Lipinski definition) is 5. The quantitative estimate of drug-likeness (QED) is 0.793. The summed E-state index contributed by atoms with van der Waals surface area (Å²) in [5, 5.41) is 4.11. The van der Waals surface area contributed by atoms with Crippen LogP contribution in [0.3, 0.4) is 0 Å². The molecule has 31 heavy (non-hydrogen) atoms. The first kappa shape index (κ1) is 20.5. The zero-order valence-electron chi connectivity index (χ0n) is 17.4. The Morgan fingerprint density at radius 2 is 1.74 bits per heavy atom. The molecule has 2 aromatic rings. The fourth-order valence-electron chi connectivity index (χ4n) is 4.92. The molecule has 3 atom stereocenters. The van der Waals surface area contributed by atoms with E-state index in [9.17, 15) is 9.59 Å². The smallest absolute Gasteiger partial charge is 0.310 e. The summed E-state index contributed by atoms with van der Waals surface area (Å²) >= 11 is 6.30. The van der Waals surface area contributed by atoms with Crippen molar-refractivity contribution in [1.82, 2.24) is 24.9 Å². The lowest BCUT2D eigenvalue weighted by Gasteiger charge is -2.43. The first-order valence-corrected chi connectivity index (χ1v) is 11.0. The SMILES string of the molecule is CN1C(=O)N(Cc2ccccc2Cl)C(=O)C2C1NC1N(Cc3ccccc3)CCCN21. The average Bonchev–Trinajstić information content (AvgIpc) is 3.18. The lowest BCUT2D eigenvalue weighted by molar-refractivity contribution is -0.140. The number of rotatable bonds is 4. The number of benzene rings is 2. The van der Waals surface area contributed by atoms with Gasteiger partial charge in [-0.25, -0.2) is 4.79 Å². The highest BCUT2D eigenvalue weighted by Gasteiger charge is 2.55. The minimum absolute atomic E-state index is 0.0802. The topological polar surface area (TPSA) is 59.1 Å². The van der Waals surface area contributed by atoms with Crippen LogP contribution in [0.4, 0.5) is 4.79 Å². The molecular weight excluding hydrogens is 414 g/mol. The molecule has 3 unspecified atom stereocenters. The Morgan fingerprint density at radius 1 is 1.00 bits per heavy atom. The van der Waals surface area contributed by atoms with Crippen LogP contribution in [-0.4, -0.2) is 70.2 Å². The van der Waals surface area contributed by atoms with Gasteiger partial charge in [-0.2, -0.15) is 0 Å². The molecule has 0 saturated carbocycles. The van der Waals surface area contributed by atoms with Crippen molar-refractivity contribution in [2.45, 2.75) is 38.0 Å². The first-order chi connectivity index (χ1) is 15.0. The van der Waals surface area contributed by atoms with Crippen LogP contribution >= 0.6 is 11.6 Å². The van der Waals surface area contributed by atoms with Gasteiger partial charge in [0.2, 0.25) is 0 Å². The molecule has 3 amide bonds. The average molecular weight is 440 g/mol. The summed E-state index contributed by atoms with van der Waals surface area (Å²) in [6.07, 6.45) is 0.552. The molecule has 0 spiro atoms. The third-order valence-electron chi connectivity index (χ3n) is 6.48. The maximum atomic E-state index is 13.5. The molecule has 3 fully saturated rings. The largest absolute Gasteiger partial charge is 0.328 e. The van der Waals surface area contributed by atoms with E-state index in [1.165, 1.54) is 10.5 Å². The Morgan fingerprint density at radius 3 is 2.52 bits per heavy atom. The van der Waals surface area contributed by atoms with Crippen LogP contribution in [0, 0.1) is 0 Å². The van der Waals surface area contributed by atoms with Gasteiger partial charge in [0.25, 0.3) is 5.91 Å². The number of carbonyl (C=O) groups excluding carboxylic acids is 2. The summed E-state index contributed by atoms with van der Waals surface area (Å²) in [6.45, 7) is 2.73. The molecule has 0 aromatic heterocycles. The van der Waals surface area contributed by atoms with Crippen LogP contribution in [0.2, 0.25) is 5.02 Å². The van der Waals surface area contributed by atoms with Gasteiger partial charge >= 0.3 is 6.03 Å². The van der Waals surface area contributed by atoms with Crippen molar-refractivity contribution in [2.75, 3.05) is 20.1 Å². The molecule has 0 bridgehead atoms. The van der Waals surface area contributed by atoms with E-state index < -0.39 is 6.04 Å². The molecule has 3 aliphatic rings. The minimum atomic E-state index is -0.409. The van der Waals surface area contributed by atoms with E-state index >= 15 is 0 Å². The molecule has 1 N–H and O–H groups in total. The van der Waals surface area contributed by atoms with E-state index in [4.69, 9.17) is 11.6 Å². The molecule has 3 aliphatic heterocycles. The van der Waals surface area contributed by atoms with Gasteiger partial charge in [-0.05, 0) is 23.6 Å². The van der Waals surface area contributed by atoms with Crippen molar-refractivity contribution < 1.29 is 9.59 Å². The van der Waals surface area contributed by atoms with E-state index in [0.717, 1.165) is 31.6 Å². The van der Waals surface area contributed by atoms with Crippen molar-refractivity contribution in [3.8, 4) is 0 Å². The zero-order chi connectivity index (χ0) is 21.5. The maximum Gasteiger partial charge on any atom is 0.328 e. The highest BCUT2D eigenvalue weighted by molar-refractivity contribution is 6.31. The van der Waals surface area contributed by atoms with E-state index in [1.54, 1.807) is 18.0 Å². The molecule has 0 radical (unpaired) electrons. The third kappa shape index (κ3) is 3.61. The lowest BCUT2D eigenvalue weighted by atomic mass is 10.1. The van der Waals surface area contributed by atoms with Crippen LogP contribution in [0.5, 0.6) is 0 Å². The van der Waals surface area contributed by atoms with Crippen LogP contribution < -0.4 is 5.32 Å². The second-order valence-corrected chi connectivity index (χ2v) is 8.79. The second kappa shape index (κ2) is 8.24. The zero-order valence-corrected chi connectivity index (χ0v) is 18.2. The van der Waals surface area contributed by atoms with Gasteiger partial charge in [-0.15, -0.1) is 0 Å². The number of imide groups is 1. The summed E-state index contributed by atoms with van der Waals surface area (Å²) in [5.74, 6) is -0.162. The summed E-state index contributed by atoms with van der Waals surface area (Å²) in [7, 11) is 1.76. The molecule has 7 nitrogen and oxygen atoms in total. The Kier molecular flexibility index (Phi) is 5.44. The highest BCUT2D eigenvalue weighted by atomic mass is 35.5. The van der Waals surface area contributed by atoms with Gasteiger partial charge < -0.3 is 4.90 Å². The monoisotopic (exact) mass is 439 g/mol. The fourth-order valence-corrected chi connectivity index (χ4v) is 5.11. The van der Waals surface area contributed by atoms with Crippen LogP contribution in [0.15, 0.2) is 54.6 Å². The Balaban J connectivity index is 1.40. The summed E-state index contributed by atoms with van der Waals surface area (Å²) in [5.41, 5.74) is 2.00. The summed E-state index contributed by atoms with van der Waals surface area (Å²) < 4.78 is 0. The van der Waals surface area contributed by atoms with Gasteiger partial charge in [-0.3, -0.25) is 24.8 Å². The number of nitrogens with one attached hydrogen (secondary N) is 1. The number of likely N-dealkylation sites (N-methyl/N-ethyl adjacent to an activating group) is 1. The number of fused-ring (bicyclic) bond motifs is 3. The van der Waals surface area contributed by atoms with Crippen molar-refractivity contribution in [2.24, 2.45) is 0 Å². The van der Waals surface area contributed by atoms with Crippen molar-refractivity contribution in [3.05, 3.63) is 70.7 Å². The van der Waals surface area contributed by atoms with Gasteiger partial charge in [0.15, 0.2) is 0 Å². The number of amides is 3. The Labute approximate surface area is 187 Å². The highest BCUT2D eigenvalue weighted by Crippen LogP contribution is 2.32. The van der Waals surface area contributed by atoms with Gasteiger partial charge in [-0.1, -0.05) is 60.1 Å². The number of halogens is 1. The van der Waals surface area contributed by atoms with Crippen molar-refractivity contribution in [3.63, 3.8) is 0 Å². The Bertz CT molecular complexity index is 987. The van der Waals surface area contributed by atoms with Crippen LogP contribution in [-0.2, 0) is 17.9 Å². The fraction of sp³-hybridized carbons (Fsp3) is 0.391. The standard InChI is InChI=1S/C23H26ClN5O2/c1-26-20-19(21(30)29(23(26)31)15-17-10-5-6-11-18(17)24)28-13-7-12-27(22(28)25-20)14-16-8-3-2-4-9-16/h2-6,8-11,19-20,22,25H,7,12-15H2,1H3. The van der Waals surface area contributed by atoms with Crippen LogP contribution in [0.25, 0.3) is 0 Å². The molecular formula is C23H26ClN5O2. The molecule has 3 saturated heterocycles. The second-order valence-electron chi connectivity index (χ2n) is 8.39. The van der Waals surface area contributed by atoms with Crippen molar-refractivity contribution in [1.29, 1.82) is 0 Å². The first-order valence-electron chi connectivity index (χ1n) is 10.7. The van der Waals surface area contributed by atoms with E-state index in [0.29, 0.717) is 5.02 Å². The van der Waals surface area contributed by atoms with Crippen molar-refractivity contribution >= 4 is 23.5 Å². The third-order valence-corrected chi connectivity index (χ3v) is 6.85. The lowest BCUT2D eigenvalue weighted by Crippen LogP contribution is -2.66. The van der Waals surface area contributed by atoms with Gasteiger partial charge in [0.05, 0.1) is 6.54 Å². The number of urea groups is 1. The van der Waals surface area contributed by atoms with Gasteiger partial charge in [0, 0.05) is 31.7 Å². The predicted octanol–water partition coefficient (Wildman–Crippen LogP) is 2.52. The Hall–Kier alpha value is -2.45. The number of nitrogens with zero attached hydrogens (tertiary/aromatic N) is 4. The molecule has 0 aliphatic carbocycles. The maximum absolute atomic E-state index is 13.5. The van der Waals surface area contributed by atoms with E-state index in [-0.39, 0.29) is 30.9 Å². The summed E-state index contributed by atoms with van der Waals surface area (Å²) in [6, 6.07) is 17.0. The minimum Gasteiger partial charge on any atom is -0.310 e. The van der Waals surface area contributed by atoms with Gasteiger partial charge in [0.1, 0.15) is 18.5 Å². The number of hydrogen-bond donors (Lipinski definition) is 1. The summed E-state index contributed by atoms with van der Waals surface area (Å²) in [4.78, 5) is 34.2. The normalized spacial score (nSPS) is 26.8.